The average molecular weight is 211 g/mol. The maximum absolute atomic E-state index is 12.1. The van der Waals surface area contributed by atoms with Gasteiger partial charge in [0.2, 0.25) is 0 Å². The van der Waals surface area contributed by atoms with Crippen LogP contribution in [-0.2, 0) is 0 Å². The summed E-state index contributed by atoms with van der Waals surface area (Å²) in [6, 6.07) is 9.36. The molecule has 1 aromatic heterocycles. The Balaban J connectivity index is 2.42. The van der Waals surface area contributed by atoms with E-state index in [2.05, 4.69) is 11.1 Å². The summed E-state index contributed by atoms with van der Waals surface area (Å²) < 4.78 is 0. The average Bonchev–Trinajstić information content (AvgIpc) is 2.28. The molecule has 2 rings (SSSR count). The van der Waals surface area contributed by atoms with E-state index in [1.54, 1.807) is 24.5 Å². The van der Waals surface area contributed by atoms with Crippen LogP contribution in [0.1, 0.15) is 27.0 Å². The summed E-state index contributed by atoms with van der Waals surface area (Å²) in [4.78, 5) is 16.0. The number of ketones is 1. The SMILES string of the molecule is Cc1cc(C)cc(C(=O)c2ccncc2)c1. The highest BCUT2D eigenvalue weighted by Crippen LogP contribution is 2.13. The maximum Gasteiger partial charge on any atom is 0.193 e. The topological polar surface area (TPSA) is 30.0 Å². The monoisotopic (exact) mass is 211 g/mol. The van der Waals surface area contributed by atoms with E-state index in [1.807, 2.05) is 26.0 Å². The molecule has 0 amide bonds. The Kier molecular flexibility index (Phi) is 2.82. The van der Waals surface area contributed by atoms with Crippen LogP contribution >= 0.6 is 0 Å². The molecular formula is C14H13NO. The van der Waals surface area contributed by atoms with Crippen molar-refractivity contribution in [3.8, 4) is 0 Å². The van der Waals surface area contributed by atoms with Crippen molar-refractivity contribution in [1.82, 2.24) is 4.98 Å². The molecule has 0 N–H and O–H groups in total. The molecule has 0 aliphatic carbocycles. The molecule has 1 heterocycles. The highest BCUT2D eigenvalue weighted by atomic mass is 16.1. The molecule has 1 aromatic carbocycles. The number of pyridine rings is 1. The molecule has 0 spiro atoms. The van der Waals surface area contributed by atoms with Gasteiger partial charge >= 0.3 is 0 Å². The Bertz CT molecular complexity index is 497. The van der Waals surface area contributed by atoms with Crippen molar-refractivity contribution < 1.29 is 4.79 Å². The number of aromatic nitrogens is 1. The molecule has 0 unspecified atom stereocenters. The fraction of sp³-hybridized carbons (Fsp3) is 0.143. The molecule has 2 aromatic rings. The summed E-state index contributed by atoms with van der Waals surface area (Å²) in [5.41, 5.74) is 3.64. The maximum atomic E-state index is 12.1. The van der Waals surface area contributed by atoms with Crippen LogP contribution < -0.4 is 0 Å². The predicted octanol–water partition coefficient (Wildman–Crippen LogP) is 2.93. The first-order valence-electron chi connectivity index (χ1n) is 5.20. The third kappa shape index (κ3) is 2.16. The highest BCUT2D eigenvalue weighted by molar-refractivity contribution is 6.09. The number of carbonyl (C=O) groups excluding carboxylic acids is 1. The number of hydrogen-bond acceptors (Lipinski definition) is 2. The van der Waals surface area contributed by atoms with Gasteiger partial charge in [0.15, 0.2) is 5.78 Å². The molecule has 0 fully saturated rings. The smallest absolute Gasteiger partial charge is 0.193 e. The molecule has 2 heteroatoms. The fourth-order valence-electron chi connectivity index (χ4n) is 1.78. The normalized spacial score (nSPS) is 10.1. The molecule has 0 atom stereocenters. The van der Waals surface area contributed by atoms with E-state index in [0.717, 1.165) is 16.7 Å². The van der Waals surface area contributed by atoms with Gasteiger partial charge in [0, 0.05) is 23.5 Å². The van der Waals surface area contributed by atoms with Crippen LogP contribution in [0, 0.1) is 13.8 Å². The second-order valence-corrected chi connectivity index (χ2v) is 3.94. The van der Waals surface area contributed by atoms with E-state index >= 15 is 0 Å². The lowest BCUT2D eigenvalue weighted by molar-refractivity contribution is 0.103. The second-order valence-electron chi connectivity index (χ2n) is 3.94. The third-order valence-electron chi connectivity index (χ3n) is 2.43. The van der Waals surface area contributed by atoms with E-state index < -0.39 is 0 Å². The van der Waals surface area contributed by atoms with Crippen molar-refractivity contribution in [2.45, 2.75) is 13.8 Å². The van der Waals surface area contributed by atoms with E-state index in [1.165, 1.54) is 0 Å². The lowest BCUT2D eigenvalue weighted by Crippen LogP contribution is -2.02. The number of rotatable bonds is 2. The van der Waals surface area contributed by atoms with Gasteiger partial charge in [0.1, 0.15) is 0 Å². The van der Waals surface area contributed by atoms with Gasteiger partial charge in [-0.2, -0.15) is 0 Å². The van der Waals surface area contributed by atoms with Crippen LogP contribution in [0.2, 0.25) is 0 Å². The minimum Gasteiger partial charge on any atom is -0.289 e. The van der Waals surface area contributed by atoms with Crippen molar-refractivity contribution in [3.05, 3.63) is 65.0 Å². The van der Waals surface area contributed by atoms with E-state index in [9.17, 15) is 4.79 Å². The number of carbonyl (C=O) groups is 1. The van der Waals surface area contributed by atoms with Gasteiger partial charge in [-0.05, 0) is 38.1 Å². The second kappa shape index (κ2) is 4.27. The first-order chi connectivity index (χ1) is 7.66. The van der Waals surface area contributed by atoms with Gasteiger partial charge in [0.05, 0.1) is 0 Å². The molecule has 80 valence electrons. The minimum absolute atomic E-state index is 0.0502. The van der Waals surface area contributed by atoms with Crippen LogP contribution in [-0.4, -0.2) is 10.8 Å². The first-order valence-corrected chi connectivity index (χ1v) is 5.20. The Hall–Kier alpha value is -1.96. The molecule has 0 saturated carbocycles. The largest absolute Gasteiger partial charge is 0.289 e. The van der Waals surface area contributed by atoms with Gasteiger partial charge < -0.3 is 0 Å². The van der Waals surface area contributed by atoms with E-state index in [-0.39, 0.29) is 5.78 Å². The highest BCUT2D eigenvalue weighted by Gasteiger charge is 2.08. The summed E-state index contributed by atoms with van der Waals surface area (Å²) in [6.07, 6.45) is 3.27. The summed E-state index contributed by atoms with van der Waals surface area (Å²) in [6.45, 7) is 3.99. The molecule has 0 bridgehead atoms. The van der Waals surface area contributed by atoms with Gasteiger partial charge in [-0.1, -0.05) is 17.2 Å². The number of aryl methyl sites for hydroxylation is 2. The zero-order chi connectivity index (χ0) is 11.5. The van der Waals surface area contributed by atoms with Gasteiger partial charge in [-0.25, -0.2) is 0 Å². The summed E-state index contributed by atoms with van der Waals surface area (Å²) in [7, 11) is 0. The number of benzene rings is 1. The molecule has 0 aliphatic heterocycles. The molecule has 2 nitrogen and oxygen atoms in total. The lowest BCUT2D eigenvalue weighted by Gasteiger charge is -2.04. The molecule has 0 saturated heterocycles. The first kappa shape index (κ1) is 10.6. The van der Waals surface area contributed by atoms with Crippen molar-refractivity contribution in [1.29, 1.82) is 0 Å². The van der Waals surface area contributed by atoms with Crippen molar-refractivity contribution in [2.75, 3.05) is 0 Å². The molecular weight excluding hydrogens is 198 g/mol. The van der Waals surface area contributed by atoms with Gasteiger partial charge in [-0.15, -0.1) is 0 Å². The lowest BCUT2D eigenvalue weighted by atomic mass is 10.0. The van der Waals surface area contributed by atoms with Crippen LogP contribution in [0.3, 0.4) is 0 Å². The number of hydrogen-bond donors (Lipinski definition) is 0. The minimum atomic E-state index is 0.0502. The zero-order valence-corrected chi connectivity index (χ0v) is 9.40. The number of nitrogens with zero attached hydrogens (tertiary/aromatic N) is 1. The van der Waals surface area contributed by atoms with Crippen molar-refractivity contribution in [3.63, 3.8) is 0 Å². The van der Waals surface area contributed by atoms with Crippen LogP contribution in [0.4, 0.5) is 0 Å². The quantitative estimate of drug-likeness (QED) is 0.715. The molecule has 0 radical (unpaired) electrons. The Morgan fingerprint density at radius 3 is 2.06 bits per heavy atom. The van der Waals surface area contributed by atoms with Crippen LogP contribution in [0.25, 0.3) is 0 Å². The summed E-state index contributed by atoms with van der Waals surface area (Å²) >= 11 is 0. The Morgan fingerprint density at radius 1 is 0.938 bits per heavy atom. The van der Waals surface area contributed by atoms with Gasteiger partial charge in [0.25, 0.3) is 0 Å². The molecule has 0 aliphatic rings. The zero-order valence-electron chi connectivity index (χ0n) is 9.40. The molecule has 16 heavy (non-hydrogen) atoms. The van der Waals surface area contributed by atoms with Gasteiger partial charge in [-0.3, -0.25) is 9.78 Å². The fourth-order valence-corrected chi connectivity index (χ4v) is 1.78. The predicted molar refractivity (Wildman–Crippen MR) is 63.6 cm³/mol. The Labute approximate surface area is 95.0 Å². The summed E-state index contributed by atoms with van der Waals surface area (Å²) in [5, 5.41) is 0. The van der Waals surface area contributed by atoms with Crippen molar-refractivity contribution in [2.24, 2.45) is 0 Å². The van der Waals surface area contributed by atoms with Crippen LogP contribution in [0.5, 0.6) is 0 Å². The third-order valence-corrected chi connectivity index (χ3v) is 2.43. The van der Waals surface area contributed by atoms with E-state index in [0.29, 0.717) is 5.56 Å². The van der Waals surface area contributed by atoms with Crippen LogP contribution in [0.15, 0.2) is 42.7 Å². The van der Waals surface area contributed by atoms with Crippen molar-refractivity contribution >= 4 is 5.78 Å². The standard InChI is InChI=1S/C14H13NO/c1-10-7-11(2)9-13(8-10)14(16)12-3-5-15-6-4-12/h3-9H,1-2H3. The van der Waals surface area contributed by atoms with E-state index in [4.69, 9.17) is 0 Å². The summed E-state index contributed by atoms with van der Waals surface area (Å²) in [5.74, 6) is 0.0502. The Morgan fingerprint density at radius 2 is 1.50 bits per heavy atom.